The summed E-state index contributed by atoms with van der Waals surface area (Å²) in [6, 6.07) is 2.92. The van der Waals surface area contributed by atoms with E-state index >= 15 is 0 Å². The molecule has 0 aromatic heterocycles. The summed E-state index contributed by atoms with van der Waals surface area (Å²) in [7, 11) is 2.93. The first-order valence-corrected chi connectivity index (χ1v) is 9.14. The van der Waals surface area contributed by atoms with Crippen LogP contribution in [0.25, 0.3) is 6.08 Å². The number of nitrogens with one attached hydrogen (secondary N) is 1. The molecule has 1 saturated heterocycles. The van der Waals surface area contributed by atoms with Crippen molar-refractivity contribution in [2.75, 3.05) is 33.9 Å². The van der Waals surface area contributed by atoms with E-state index in [1.165, 1.54) is 25.3 Å². The molecule has 1 aliphatic heterocycles. The van der Waals surface area contributed by atoms with Gasteiger partial charge < -0.3 is 19.9 Å². The maximum absolute atomic E-state index is 12.4. The van der Waals surface area contributed by atoms with Gasteiger partial charge in [0.1, 0.15) is 6.54 Å². The van der Waals surface area contributed by atoms with Crippen molar-refractivity contribution in [2.24, 2.45) is 0 Å². The molecule has 27 heavy (non-hydrogen) atoms. The van der Waals surface area contributed by atoms with Crippen molar-refractivity contribution < 1.29 is 29.0 Å². The Kier molecular flexibility index (Phi) is 7.52. The summed E-state index contributed by atoms with van der Waals surface area (Å²) in [5.41, 5.74) is 0.476. The zero-order chi connectivity index (χ0) is 20.0. The number of aromatic hydroxyl groups is 1. The van der Waals surface area contributed by atoms with Gasteiger partial charge in [0.15, 0.2) is 11.5 Å². The van der Waals surface area contributed by atoms with Crippen LogP contribution in [-0.4, -0.2) is 61.0 Å². The second-order valence-electron chi connectivity index (χ2n) is 5.52. The molecule has 1 heterocycles. The van der Waals surface area contributed by atoms with Gasteiger partial charge in [-0.15, -0.1) is 0 Å². The Morgan fingerprint density at radius 1 is 1.37 bits per heavy atom. The summed E-state index contributed by atoms with van der Waals surface area (Å²) in [5.74, 6) is -1.07. The molecule has 1 fully saturated rings. The summed E-state index contributed by atoms with van der Waals surface area (Å²) in [6.07, 6.45) is 2.09. The van der Waals surface area contributed by atoms with Crippen molar-refractivity contribution in [3.63, 3.8) is 0 Å². The number of phenolic OH excluding ortho intramolecular Hbond substituents is 1. The summed E-state index contributed by atoms with van der Waals surface area (Å²) in [5, 5.41) is 11.9. The lowest BCUT2D eigenvalue weighted by Crippen LogP contribution is -2.39. The number of nitrogens with zero attached hydrogens (tertiary/aromatic N) is 1. The van der Waals surface area contributed by atoms with Crippen molar-refractivity contribution in [1.29, 1.82) is 0 Å². The highest BCUT2D eigenvalue weighted by Crippen LogP contribution is 2.37. The molecule has 8 nitrogen and oxygen atoms in total. The van der Waals surface area contributed by atoms with Crippen LogP contribution in [0.3, 0.4) is 0 Å². The van der Waals surface area contributed by atoms with E-state index in [1.54, 1.807) is 7.11 Å². The fourth-order valence-electron chi connectivity index (χ4n) is 2.26. The molecule has 0 atom stereocenters. The van der Waals surface area contributed by atoms with E-state index in [4.69, 9.17) is 21.1 Å². The zero-order valence-electron chi connectivity index (χ0n) is 14.8. The fourth-order valence-corrected chi connectivity index (χ4v) is 3.32. The average molecular weight is 415 g/mol. The highest BCUT2D eigenvalue weighted by Gasteiger charge is 2.36. The lowest BCUT2D eigenvalue weighted by molar-refractivity contribution is -0.129. The Bertz CT molecular complexity index is 783. The Balaban J connectivity index is 2.08. The molecule has 0 spiro atoms. The molecule has 1 aromatic rings. The number of methoxy groups -OCH3 is 2. The van der Waals surface area contributed by atoms with Gasteiger partial charge in [0.2, 0.25) is 5.91 Å². The summed E-state index contributed by atoms with van der Waals surface area (Å²) < 4.78 is 9.89. The molecule has 146 valence electrons. The van der Waals surface area contributed by atoms with Gasteiger partial charge in [-0.3, -0.25) is 19.3 Å². The average Bonchev–Trinajstić information content (AvgIpc) is 2.89. The number of rotatable bonds is 8. The van der Waals surface area contributed by atoms with Gasteiger partial charge in [0.25, 0.3) is 11.1 Å². The van der Waals surface area contributed by atoms with Gasteiger partial charge in [-0.1, -0.05) is 11.6 Å². The predicted octanol–water partition coefficient (Wildman–Crippen LogP) is 2.24. The first-order valence-electron chi connectivity index (χ1n) is 7.95. The Morgan fingerprint density at radius 3 is 2.78 bits per heavy atom. The zero-order valence-corrected chi connectivity index (χ0v) is 16.4. The maximum Gasteiger partial charge on any atom is 0.294 e. The first kappa shape index (κ1) is 21.1. The van der Waals surface area contributed by atoms with Crippen molar-refractivity contribution in [3.05, 3.63) is 27.6 Å². The second kappa shape index (κ2) is 9.63. The largest absolute Gasteiger partial charge is 0.503 e. The minimum Gasteiger partial charge on any atom is -0.503 e. The quantitative estimate of drug-likeness (QED) is 0.496. The number of hydrogen-bond acceptors (Lipinski definition) is 7. The fraction of sp³-hybridized carbons (Fsp3) is 0.353. The third-order valence-corrected chi connectivity index (χ3v) is 4.79. The monoisotopic (exact) mass is 414 g/mol. The minimum absolute atomic E-state index is 0.0512. The van der Waals surface area contributed by atoms with E-state index in [0.29, 0.717) is 25.1 Å². The molecule has 0 saturated carbocycles. The number of hydrogen-bond donors (Lipinski definition) is 2. The van der Waals surface area contributed by atoms with Crippen molar-refractivity contribution in [2.45, 2.75) is 6.42 Å². The molecule has 1 aromatic carbocycles. The molecule has 3 amide bonds. The van der Waals surface area contributed by atoms with Crippen molar-refractivity contribution >= 4 is 46.5 Å². The number of carbonyl (C=O) groups is 3. The number of carbonyl (C=O) groups excluding carboxylic acids is 3. The molecule has 2 rings (SSSR count). The predicted molar refractivity (Wildman–Crippen MR) is 102 cm³/mol. The Hall–Kier alpha value is -2.23. The van der Waals surface area contributed by atoms with Crippen LogP contribution >= 0.6 is 23.4 Å². The molecule has 0 bridgehead atoms. The molecule has 10 heteroatoms. The summed E-state index contributed by atoms with van der Waals surface area (Å²) in [6.45, 7) is 0.544. The second-order valence-corrected chi connectivity index (χ2v) is 6.92. The van der Waals surface area contributed by atoms with Crippen LogP contribution < -0.4 is 10.1 Å². The van der Waals surface area contributed by atoms with Crippen molar-refractivity contribution in [1.82, 2.24) is 10.2 Å². The molecular formula is C17H19ClN2O6S. The van der Waals surface area contributed by atoms with E-state index in [1.807, 2.05) is 0 Å². The van der Waals surface area contributed by atoms with E-state index in [9.17, 15) is 19.5 Å². The number of imide groups is 1. The maximum atomic E-state index is 12.4. The molecule has 0 aliphatic carbocycles. The van der Waals surface area contributed by atoms with Crippen LogP contribution in [0.1, 0.15) is 12.0 Å². The highest BCUT2D eigenvalue weighted by molar-refractivity contribution is 8.18. The third kappa shape index (κ3) is 5.38. The number of amides is 3. The van der Waals surface area contributed by atoms with Gasteiger partial charge in [0, 0.05) is 20.3 Å². The van der Waals surface area contributed by atoms with Crippen LogP contribution in [0.2, 0.25) is 5.02 Å². The Morgan fingerprint density at radius 2 is 2.11 bits per heavy atom. The van der Waals surface area contributed by atoms with E-state index < -0.39 is 17.1 Å². The van der Waals surface area contributed by atoms with Gasteiger partial charge in [0.05, 0.1) is 17.0 Å². The summed E-state index contributed by atoms with van der Waals surface area (Å²) in [4.78, 5) is 37.4. The Labute approximate surface area is 165 Å². The van der Waals surface area contributed by atoms with E-state index in [-0.39, 0.29) is 28.0 Å². The van der Waals surface area contributed by atoms with Crippen LogP contribution in [0.15, 0.2) is 17.0 Å². The number of halogens is 1. The molecule has 0 unspecified atom stereocenters. The molecular weight excluding hydrogens is 396 g/mol. The van der Waals surface area contributed by atoms with Gasteiger partial charge in [-0.05, 0) is 42.0 Å². The van der Waals surface area contributed by atoms with E-state index in [2.05, 4.69) is 5.32 Å². The lowest BCUT2D eigenvalue weighted by atomic mass is 10.2. The van der Waals surface area contributed by atoms with Gasteiger partial charge >= 0.3 is 0 Å². The van der Waals surface area contributed by atoms with Crippen LogP contribution in [0.5, 0.6) is 11.5 Å². The smallest absolute Gasteiger partial charge is 0.294 e. The standard InChI is InChI=1S/C17H19ClN2O6S/c1-25-5-3-4-19-14(21)9-20-16(23)13(27-17(20)24)8-10-6-11(18)15(22)12(7-10)26-2/h6-8,22H,3-5,9H2,1-2H3,(H,19,21)/b13-8-. The van der Waals surface area contributed by atoms with E-state index in [0.717, 1.165) is 16.7 Å². The number of ether oxygens (including phenoxy) is 2. The van der Waals surface area contributed by atoms with Crippen LogP contribution in [0, 0.1) is 0 Å². The van der Waals surface area contributed by atoms with Crippen molar-refractivity contribution in [3.8, 4) is 11.5 Å². The topological polar surface area (TPSA) is 105 Å². The molecule has 0 radical (unpaired) electrons. The lowest BCUT2D eigenvalue weighted by Gasteiger charge is -2.12. The first-order chi connectivity index (χ1) is 12.9. The number of phenols is 1. The SMILES string of the molecule is COCCCNC(=O)CN1C(=O)S/C(=C\c2cc(Cl)c(O)c(OC)c2)C1=O. The van der Waals surface area contributed by atoms with Crippen LogP contribution in [-0.2, 0) is 14.3 Å². The number of thioether (sulfide) groups is 1. The van der Waals surface area contributed by atoms with Gasteiger partial charge in [-0.2, -0.15) is 0 Å². The summed E-state index contributed by atoms with van der Waals surface area (Å²) >= 11 is 6.65. The molecule has 2 N–H and O–H groups in total. The molecule has 1 aliphatic rings. The number of benzene rings is 1. The van der Waals surface area contributed by atoms with Crippen LogP contribution in [0.4, 0.5) is 4.79 Å². The normalized spacial score (nSPS) is 15.5. The minimum atomic E-state index is -0.569. The third-order valence-electron chi connectivity index (χ3n) is 3.59. The highest BCUT2D eigenvalue weighted by atomic mass is 35.5. The van der Waals surface area contributed by atoms with Gasteiger partial charge in [-0.25, -0.2) is 0 Å².